The molecule has 11 heteroatoms. The van der Waals surface area contributed by atoms with Gasteiger partial charge in [-0.05, 0) is 6.07 Å². The van der Waals surface area contributed by atoms with E-state index in [2.05, 4.69) is 20.3 Å². The summed E-state index contributed by atoms with van der Waals surface area (Å²) in [7, 11) is 1.76. The summed E-state index contributed by atoms with van der Waals surface area (Å²) < 4.78 is 1.58. The number of rotatable bonds is 3. The number of nitro benzene ring substituents is 1. The normalized spacial score (nSPS) is 14.6. The van der Waals surface area contributed by atoms with E-state index < -0.39 is 4.92 Å². The molecule has 4 rings (SSSR count). The number of nitrogens with zero attached hydrogens (tertiary/aromatic N) is 8. The molecule has 0 radical (unpaired) electrons. The molecule has 0 bridgehead atoms. The molecule has 138 valence electrons. The molecule has 0 aliphatic carbocycles. The van der Waals surface area contributed by atoms with Gasteiger partial charge >= 0.3 is 0 Å². The van der Waals surface area contributed by atoms with Crippen LogP contribution in [-0.4, -0.2) is 66.9 Å². The van der Waals surface area contributed by atoms with Gasteiger partial charge < -0.3 is 9.80 Å². The summed E-state index contributed by atoms with van der Waals surface area (Å²) in [6, 6.07) is 6.01. The van der Waals surface area contributed by atoms with Crippen molar-refractivity contribution in [3.8, 4) is 0 Å². The van der Waals surface area contributed by atoms with E-state index in [4.69, 9.17) is 0 Å². The van der Waals surface area contributed by atoms with Crippen molar-refractivity contribution in [2.45, 2.75) is 0 Å². The Balaban J connectivity index is 1.52. The lowest BCUT2D eigenvalue weighted by Gasteiger charge is -2.35. The molecule has 0 atom stereocenters. The van der Waals surface area contributed by atoms with Gasteiger partial charge in [0.05, 0.1) is 4.92 Å². The van der Waals surface area contributed by atoms with Crippen LogP contribution in [0.15, 0.2) is 30.6 Å². The lowest BCUT2D eigenvalue weighted by Crippen LogP contribution is -2.49. The topological polar surface area (TPSA) is 123 Å². The number of anilines is 1. The van der Waals surface area contributed by atoms with Crippen LogP contribution in [0.4, 0.5) is 11.5 Å². The maximum absolute atomic E-state index is 12.7. The Hall–Kier alpha value is -3.63. The summed E-state index contributed by atoms with van der Waals surface area (Å²) >= 11 is 0. The van der Waals surface area contributed by atoms with Gasteiger partial charge in [0, 0.05) is 39.3 Å². The largest absolute Gasteiger partial charge is 0.351 e. The maximum atomic E-state index is 12.7. The second-order valence-corrected chi connectivity index (χ2v) is 6.14. The van der Waals surface area contributed by atoms with E-state index in [1.807, 2.05) is 4.90 Å². The number of fused-ring (bicyclic) bond motifs is 1. The van der Waals surface area contributed by atoms with Crippen LogP contribution >= 0.6 is 0 Å². The smallest absolute Gasteiger partial charge is 0.282 e. The second kappa shape index (κ2) is 6.59. The van der Waals surface area contributed by atoms with E-state index in [0.717, 1.165) is 0 Å². The second-order valence-electron chi connectivity index (χ2n) is 6.14. The van der Waals surface area contributed by atoms with Crippen molar-refractivity contribution >= 4 is 28.6 Å². The summed E-state index contributed by atoms with van der Waals surface area (Å²) in [5, 5.41) is 19.3. The highest BCUT2D eigenvalue weighted by atomic mass is 16.6. The number of hydrogen-bond acceptors (Lipinski definition) is 8. The lowest BCUT2D eigenvalue weighted by atomic mass is 10.1. The number of nitro groups is 1. The van der Waals surface area contributed by atoms with Gasteiger partial charge in [-0.25, -0.2) is 14.6 Å². The molecule has 1 aliphatic rings. The van der Waals surface area contributed by atoms with E-state index >= 15 is 0 Å². The first-order chi connectivity index (χ1) is 13.1. The maximum Gasteiger partial charge on any atom is 0.282 e. The Labute approximate surface area is 153 Å². The van der Waals surface area contributed by atoms with E-state index in [9.17, 15) is 14.9 Å². The van der Waals surface area contributed by atoms with Gasteiger partial charge in [-0.3, -0.25) is 14.9 Å². The summed E-state index contributed by atoms with van der Waals surface area (Å²) in [5.74, 6) is 0.333. The molecule has 0 unspecified atom stereocenters. The third-order valence-electron chi connectivity index (χ3n) is 4.57. The zero-order chi connectivity index (χ0) is 19.0. The van der Waals surface area contributed by atoms with E-state index in [0.29, 0.717) is 43.2 Å². The lowest BCUT2D eigenvalue weighted by molar-refractivity contribution is -0.385. The van der Waals surface area contributed by atoms with Crippen LogP contribution in [0, 0.1) is 10.1 Å². The minimum absolute atomic E-state index is 0.106. The number of piperazine rings is 1. The molecule has 1 aliphatic heterocycles. The number of hydrogen-bond donors (Lipinski definition) is 0. The van der Waals surface area contributed by atoms with E-state index in [-0.39, 0.29) is 17.2 Å². The van der Waals surface area contributed by atoms with Crippen molar-refractivity contribution in [1.82, 2.24) is 29.9 Å². The molecule has 1 saturated heterocycles. The minimum atomic E-state index is -0.533. The molecule has 0 saturated carbocycles. The van der Waals surface area contributed by atoms with Crippen molar-refractivity contribution in [2.24, 2.45) is 7.05 Å². The number of carbonyl (C=O) groups is 1. The van der Waals surface area contributed by atoms with Gasteiger partial charge in [-0.1, -0.05) is 17.3 Å². The monoisotopic (exact) mass is 368 g/mol. The molecule has 0 N–H and O–H groups in total. The first kappa shape index (κ1) is 16.8. The molecule has 3 heterocycles. The number of carbonyl (C=O) groups excluding carboxylic acids is 1. The number of aryl methyl sites for hydroxylation is 1. The van der Waals surface area contributed by atoms with Crippen LogP contribution in [-0.2, 0) is 7.05 Å². The average Bonchev–Trinajstić information content (AvgIpc) is 3.09. The molecule has 3 aromatic rings. The quantitative estimate of drug-likeness (QED) is 0.487. The van der Waals surface area contributed by atoms with Gasteiger partial charge in [0.25, 0.3) is 11.6 Å². The van der Waals surface area contributed by atoms with Crippen LogP contribution in [0.2, 0.25) is 0 Å². The molecule has 2 aromatic heterocycles. The Bertz CT molecular complexity index is 1030. The van der Waals surface area contributed by atoms with Gasteiger partial charge in [0.2, 0.25) is 0 Å². The fraction of sp³-hybridized carbons (Fsp3) is 0.312. The van der Waals surface area contributed by atoms with Crippen molar-refractivity contribution in [3.63, 3.8) is 0 Å². The van der Waals surface area contributed by atoms with Gasteiger partial charge in [-0.2, -0.15) is 0 Å². The summed E-state index contributed by atoms with van der Waals surface area (Å²) in [4.78, 5) is 35.5. The van der Waals surface area contributed by atoms with Gasteiger partial charge in [0.15, 0.2) is 17.0 Å². The molecule has 11 nitrogen and oxygen atoms in total. The number of para-hydroxylation sites is 1. The molecular formula is C16H16N8O3. The minimum Gasteiger partial charge on any atom is -0.351 e. The van der Waals surface area contributed by atoms with Crippen molar-refractivity contribution in [1.29, 1.82) is 0 Å². The Morgan fingerprint density at radius 2 is 1.89 bits per heavy atom. The highest BCUT2D eigenvalue weighted by Crippen LogP contribution is 2.23. The fourth-order valence-electron chi connectivity index (χ4n) is 3.18. The molecular weight excluding hydrogens is 352 g/mol. The highest BCUT2D eigenvalue weighted by Gasteiger charge is 2.28. The van der Waals surface area contributed by atoms with Gasteiger partial charge in [0.1, 0.15) is 11.9 Å². The summed E-state index contributed by atoms with van der Waals surface area (Å²) in [5.41, 5.74) is 1.17. The fourth-order valence-corrected chi connectivity index (χ4v) is 3.18. The first-order valence-corrected chi connectivity index (χ1v) is 8.34. The number of amides is 1. The third kappa shape index (κ3) is 2.92. The van der Waals surface area contributed by atoms with Crippen LogP contribution < -0.4 is 4.90 Å². The standard InChI is InChI=1S/C16H16N8O3/c1-21-14-13(19-20-21)15(18-10-17-14)22-6-8-23(9-7-22)16(25)11-4-2-3-5-12(11)24(26)27/h2-5,10H,6-9H2,1H3. The van der Waals surface area contributed by atoms with Crippen molar-refractivity contribution in [3.05, 3.63) is 46.3 Å². The van der Waals surface area contributed by atoms with Crippen molar-refractivity contribution < 1.29 is 9.72 Å². The molecule has 1 amide bonds. The van der Waals surface area contributed by atoms with E-state index in [1.54, 1.807) is 28.8 Å². The Kier molecular flexibility index (Phi) is 4.11. The van der Waals surface area contributed by atoms with E-state index in [1.165, 1.54) is 18.5 Å². The zero-order valence-electron chi connectivity index (χ0n) is 14.5. The number of benzene rings is 1. The molecule has 1 fully saturated rings. The predicted octanol–water partition coefficient (Wildman–Crippen LogP) is 0.629. The zero-order valence-corrected chi connectivity index (χ0v) is 14.5. The Morgan fingerprint density at radius 1 is 1.15 bits per heavy atom. The first-order valence-electron chi connectivity index (χ1n) is 8.34. The third-order valence-corrected chi connectivity index (χ3v) is 4.57. The van der Waals surface area contributed by atoms with Crippen molar-refractivity contribution in [2.75, 3.05) is 31.1 Å². The van der Waals surface area contributed by atoms with Crippen LogP contribution in [0.5, 0.6) is 0 Å². The molecule has 0 spiro atoms. The summed E-state index contributed by atoms with van der Waals surface area (Å²) in [6.45, 7) is 1.93. The Morgan fingerprint density at radius 3 is 2.63 bits per heavy atom. The SMILES string of the molecule is Cn1nnc2c(N3CCN(C(=O)c4ccccc4[N+](=O)[O-])CC3)ncnc21. The highest BCUT2D eigenvalue weighted by molar-refractivity contribution is 5.98. The van der Waals surface area contributed by atoms with Crippen LogP contribution in [0.25, 0.3) is 11.2 Å². The van der Waals surface area contributed by atoms with Gasteiger partial charge in [-0.15, -0.1) is 5.10 Å². The summed E-state index contributed by atoms with van der Waals surface area (Å²) in [6.07, 6.45) is 1.46. The average molecular weight is 368 g/mol. The molecule has 1 aromatic carbocycles. The van der Waals surface area contributed by atoms with Crippen LogP contribution in [0.3, 0.4) is 0 Å². The predicted molar refractivity (Wildman–Crippen MR) is 95.3 cm³/mol. The van der Waals surface area contributed by atoms with Crippen LogP contribution in [0.1, 0.15) is 10.4 Å². The molecule has 27 heavy (non-hydrogen) atoms. The number of aromatic nitrogens is 5.